The van der Waals surface area contributed by atoms with E-state index in [1.54, 1.807) is 0 Å². The minimum absolute atomic E-state index is 0.570. The van der Waals surface area contributed by atoms with Gasteiger partial charge in [0.1, 0.15) is 0 Å². The Kier molecular flexibility index (Phi) is 7.09. The highest BCUT2D eigenvalue weighted by molar-refractivity contribution is 7.11. The third-order valence-electron chi connectivity index (χ3n) is 3.34. The summed E-state index contributed by atoms with van der Waals surface area (Å²) in [5, 5.41) is 3.84. The van der Waals surface area contributed by atoms with E-state index in [2.05, 4.69) is 59.0 Å². The number of thiophene rings is 1. The number of nitrogens with one attached hydrogen (secondary N) is 1. The van der Waals surface area contributed by atoms with Crippen molar-refractivity contribution in [1.29, 1.82) is 0 Å². The molecule has 0 aliphatic rings. The summed E-state index contributed by atoms with van der Waals surface area (Å²) in [5.41, 5.74) is 0. The lowest BCUT2D eigenvalue weighted by Gasteiger charge is -2.26. The Hall–Kier alpha value is -0.340. The van der Waals surface area contributed by atoms with Crippen molar-refractivity contribution in [2.75, 3.05) is 0 Å². The summed E-state index contributed by atoms with van der Waals surface area (Å²) < 4.78 is 0. The highest BCUT2D eigenvalue weighted by atomic mass is 32.1. The van der Waals surface area contributed by atoms with Crippen molar-refractivity contribution >= 4 is 11.3 Å². The second-order valence-electron chi connectivity index (χ2n) is 6.74. The molecule has 0 amide bonds. The first-order valence-corrected chi connectivity index (χ1v) is 8.49. The van der Waals surface area contributed by atoms with Crippen LogP contribution in [-0.4, -0.2) is 12.1 Å². The van der Waals surface area contributed by atoms with Crippen molar-refractivity contribution < 1.29 is 0 Å². The molecule has 0 aliphatic heterocycles. The van der Waals surface area contributed by atoms with Gasteiger partial charge in [-0.1, -0.05) is 27.7 Å². The molecule has 1 aromatic heterocycles. The lowest BCUT2D eigenvalue weighted by Crippen LogP contribution is -2.39. The van der Waals surface area contributed by atoms with Crippen molar-refractivity contribution in [2.45, 2.75) is 72.9 Å². The van der Waals surface area contributed by atoms with E-state index in [4.69, 9.17) is 0 Å². The molecule has 1 aromatic rings. The molecule has 19 heavy (non-hydrogen) atoms. The molecule has 0 aromatic carbocycles. The predicted molar refractivity (Wildman–Crippen MR) is 88.1 cm³/mol. The number of rotatable bonds is 8. The molecule has 1 atom stereocenters. The first-order valence-electron chi connectivity index (χ1n) is 7.68. The first-order chi connectivity index (χ1) is 8.86. The monoisotopic (exact) mass is 281 g/mol. The zero-order valence-electron chi connectivity index (χ0n) is 13.5. The summed E-state index contributed by atoms with van der Waals surface area (Å²) in [4.78, 5) is 2.92. The summed E-state index contributed by atoms with van der Waals surface area (Å²) in [6, 6.07) is 5.74. The minimum Gasteiger partial charge on any atom is -0.311 e. The highest BCUT2D eigenvalue weighted by Gasteiger charge is 2.15. The van der Waals surface area contributed by atoms with Gasteiger partial charge in [-0.25, -0.2) is 0 Å². The van der Waals surface area contributed by atoms with Crippen LogP contribution in [0.1, 0.15) is 57.2 Å². The molecule has 0 fully saturated rings. The molecule has 1 N–H and O–H groups in total. The smallest absolute Gasteiger partial charge is 0.00896 e. The second-order valence-corrected chi connectivity index (χ2v) is 8.11. The Morgan fingerprint density at radius 3 is 2.00 bits per heavy atom. The van der Waals surface area contributed by atoms with Gasteiger partial charge in [-0.15, -0.1) is 11.3 Å². The van der Waals surface area contributed by atoms with Crippen LogP contribution in [0.2, 0.25) is 0 Å². The van der Waals surface area contributed by atoms with Gasteiger partial charge in [0.25, 0.3) is 0 Å². The maximum Gasteiger partial charge on any atom is 0.00896 e. The fourth-order valence-electron chi connectivity index (χ4n) is 2.73. The van der Waals surface area contributed by atoms with Crippen LogP contribution in [0.25, 0.3) is 0 Å². The van der Waals surface area contributed by atoms with Crippen LogP contribution < -0.4 is 5.32 Å². The third-order valence-corrected chi connectivity index (χ3v) is 4.36. The van der Waals surface area contributed by atoms with E-state index in [1.807, 2.05) is 11.3 Å². The van der Waals surface area contributed by atoms with E-state index < -0.39 is 0 Å². The van der Waals surface area contributed by atoms with E-state index in [0.29, 0.717) is 12.1 Å². The van der Waals surface area contributed by atoms with Gasteiger partial charge in [-0.05, 0) is 57.1 Å². The van der Waals surface area contributed by atoms with E-state index in [1.165, 1.54) is 22.6 Å². The first kappa shape index (κ1) is 16.7. The van der Waals surface area contributed by atoms with Gasteiger partial charge in [0.15, 0.2) is 0 Å². The zero-order valence-corrected chi connectivity index (χ0v) is 14.3. The van der Waals surface area contributed by atoms with Crippen LogP contribution in [-0.2, 0) is 6.42 Å². The highest BCUT2D eigenvalue weighted by Crippen LogP contribution is 2.18. The van der Waals surface area contributed by atoms with Gasteiger partial charge in [0, 0.05) is 21.8 Å². The average molecular weight is 282 g/mol. The molecule has 1 unspecified atom stereocenters. The normalized spacial score (nSPS) is 13.7. The Morgan fingerprint density at radius 2 is 1.58 bits per heavy atom. The van der Waals surface area contributed by atoms with Crippen molar-refractivity contribution in [3.05, 3.63) is 21.9 Å². The summed E-state index contributed by atoms with van der Waals surface area (Å²) in [7, 11) is 0. The van der Waals surface area contributed by atoms with Gasteiger partial charge in [0.05, 0.1) is 0 Å². The third kappa shape index (κ3) is 7.12. The fraction of sp³-hybridized carbons (Fsp3) is 0.765. The van der Waals surface area contributed by atoms with Gasteiger partial charge in [0.2, 0.25) is 0 Å². The van der Waals surface area contributed by atoms with Crippen molar-refractivity contribution in [3.63, 3.8) is 0 Å². The van der Waals surface area contributed by atoms with Gasteiger partial charge < -0.3 is 5.32 Å². The van der Waals surface area contributed by atoms with Crippen LogP contribution in [0.4, 0.5) is 0 Å². The quantitative estimate of drug-likeness (QED) is 0.704. The Bertz CT molecular complexity index is 344. The maximum absolute atomic E-state index is 3.84. The summed E-state index contributed by atoms with van der Waals surface area (Å²) in [6.45, 7) is 13.8. The molecule has 0 radical (unpaired) electrons. The standard InChI is InChI=1S/C17H31NS/c1-12(2)9-16(10-13(3)4)18-14(5)11-17-8-7-15(6)19-17/h7-8,12-14,16,18H,9-11H2,1-6H3. The van der Waals surface area contributed by atoms with Crippen LogP contribution in [0.3, 0.4) is 0 Å². The van der Waals surface area contributed by atoms with Gasteiger partial charge in [-0.2, -0.15) is 0 Å². The summed E-state index contributed by atoms with van der Waals surface area (Å²) >= 11 is 1.93. The fourth-order valence-corrected chi connectivity index (χ4v) is 3.75. The van der Waals surface area contributed by atoms with Crippen molar-refractivity contribution in [1.82, 2.24) is 5.32 Å². The van der Waals surface area contributed by atoms with Crippen LogP contribution >= 0.6 is 11.3 Å². The van der Waals surface area contributed by atoms with Crippen LogP contribution in [0, 0.1) is 18.8 Å². The van der Waals surface area contributed by atoms with E-state index in [9.17, 15) is 0 Å². The molecular weight excluding hydrogens is 250 g/mol. The topological polar surface area (TPSA) is 12.0 Å². The molecular formula is C17H31NS. The van der Waals surface area contributed by atoms with Crippen LogP contribution in [0.15, 0.2) is 12.1 Å². The number of aryl methyl sites for hydroxylation is 1. The average Bonchev–Trinajstić information content (AvgIpc) is 2.61. The Morgan fingerprint density at radius 1 is 1.00 bits per heavy atom. The molecule has 1 heterocycles. The molecule has 0 bridgehead atoms. The lowest BCUT2D eigenvalue weighted by atomic mass is 9.95. The van der Waals surface area contributed by atoms with Gasteiger partial charge in [-0.3, -0.25) is 0 Å². The lowest BCUT2D eigenvalue weighted by molar-refractivity contribution is 0.332. The molecule has 0 spiro atoms. The van der Waals surface area contributed by atoms with Crippen LogP contribution in [0.5, 0.6) is 0 Å². The molecule has 2 heteroatoms. The summed E-state index contributed by atoms with van der Waals surface area (Å²) in [6.07, 6.45) is 3.73. The minimum atomic E-state index is 0.570. The number of hydrogen-bond donors (Lipinski definition) is 1. The largest absolute Gasteiger partial charge is 0.311 e. The van der Waals surface area contributed by atoms with E-state index in [0.717, 1.165) is 18.3 Å². The molecule has 0 saturated heterocycles. The van der Waals surface area contributed by atoms with Crippen molar-refractivity contribution in [2.24, 2.45) is 11.8 Å². The predicted octanol–water partition coefficient (Wildman–Crippen LogP) is 5.04. The van der Waals surface area contributed by atoms with Crippen molar-refractivity contribution in [3.8, 4) is 0 Å². The molecule has 0 saturated carbocycles. The van der Waals surface area contributed by atoms with E-state index in [-0.39, 0.29) is 0 Å². The molecule has 1 rings (SSSR count). The second kappa shape index (κ2) is 8.06. The number of hydrogen-bond acceptors (Lipinski definition) is 2. The SMILES string of the molecule is Cc1ccc(CC(C)NC(CC(C)C)CC(C)C)s1. The summed E-state index contributed by atoms with van der Waals surface area (Å²) in [5.74, 6) is 1.54. The zero-order chi connectivity index (χ0) is 14.4. The Balaban J connectivity index is 2.47. The maximum atomic E-state index is 3.84. The molecule has 110 valence electrons. The molecule has 1 nitrogen and oxygen atoms in total. The van der Waals surface area contributed by atoms with E-state index >= 15 is 0 Å². The Labute approximate surface area is 123 Å². The molecule has 0 aliphatic carbocycles. The van der Waals surface area contributed by atoms with Gasteiger partial charge >= 0.3 is 0 Å².